The van der Waals surface area contributed by atoms with E-state index < -0.39 is 0 Å². The summed E-state index contributed by atoms with van der Waals surface area (Å²) in [5.41, 5.74) is 2.15. The number of hydrogen-bond acceptors (Lipinski definition) is 2. The maximum absolute atomic E-state index is 9.12. The van der Waals surface area contributed by atoms with Crippen molar-refractivity contribution in [3.05, 3.63) is 28.3 Å². The van der Waals surface area contributed by atoms with Crippen molar-refractivity contribution in [2.24, 2.45) is 5.92 Å². The van der Waals surface area contributed by atoms with E-state index >= 15 is 0 Å². The summed E-state index contributed by atoms with van der Waals surface area (Å²) in [6.07, 6.45) is 3.03. The Morgan fingerprint density at radius 1 is 1.37 bits per heavy atom. The van der Waals surface area contributed by atoms with Gasteiger partial charge < -0.3 is 4.74 Å². The lowest BCUT2D eigenvalue weighted by molar-refractivity contribution is 0.181. The smallest absolute Gasteiger partial charge is 0.123 e. The van der Waals surface area contributed by atoms with Gasteiger partial charge in [0.15, 0.2) is 0 Å². The maximum atomic E-state index is 9.12. The number of halogens is 1. The van der Waals surface area contributed by atoms with Crippen molar-refractivity contribution < 1.29 is 4.74 Å². The van der Waals surface area contributed by atoms with E-state index in [4.69, 9.17) is 21.6 Å². The molecule has 0 spiro atoms. The first-order valence-electron chi connectivity index (χ1n) is 6.89. The summed E-state index contributed by atoms with van der Waals surface area (Å²) in [6, 6.07) is 6.35. The van der Waals surface area contributed by atoms with E-state index in [1.54, 1.807) is 0 Å². The molecule has 2 rings (SSSR count). The van der Waals surface area contributed by atoms with Crippen molar-refractivity contribution in [1.29, 1.82) is 5.26 Å². The predicted molar refractivity (Wildman–Crippen MR) is 77.6 cm³/mol. The third-order valence-electron chi connectivity index (χ3n) is 3.81. The fraction of sp³-hybridized carbons (Fsp3) is 0.562. The van der Waals surface area contributed by atoms with Gasteiger partial charge in [-0.2, -0.15) is 5.26 Å². The van der Waals surface area contributed by atoms with Gasteiger partial charge in [0.05, 0.1) is 12.0 Å². The highest BCUT2D eigenvalue weighted by Gasteiger charge is 2.29. The second kappa shape index (κ2) is 5.84. The van der Waals surface area contributed by atoms with Crippen LogP contribution in [0.25, 0.3) is 0 Å². The van der Waals surface area contributed by atoms with Gasteiger partial charge in [-0.05, 0) is 55.4 Å². The topological polar surface area (TPSA) is 33.0 Å². The number of nitriles is 1. The lowest BCUT2D eigenvalue weighted by Crippen LogP contribution is -2.20. The van der Waals surface area contributed by atoms with Gasteiger partial charge in [-0.15, -0.1) is 0 Å². The Balaban J connectivity index is 2.25. The molecule has 0 saturated heterocycles. The first kappa shape index (κ1) is 14.2. The van der Waals surface area contributed by atoms with Gasteiger partial charge in [0.25, 0.3) is 0 Å². The average Bonchev–Trinajstić information content (AvgIpc) is 2.79. The molecule has 0 heterocycles. The molecule has 1 aromatic rings. The summed E-state index contributed by atoms with van der Waals surface area (Å²) < 4.78 is 6.07. The van der Waals surface area contributed by atoms with Crippen molar-refractivity contribution in [2.75, 3.05) is 0 Å². The summed E-state index contributed by atoms with van der Waals surface area (Å²) in [7, 11) is 0. The Labute approximate surface area is 120 Å². The SMILES string of the molecule is Cc1cc(Cl)c(C(C)C)cc1OC1CCCC1C#N. The predicted octanol–water partition coefficient (Wildman–Crippen LogP) is 4.84. The third kappa shape index (κ3) is 3.04. The van der Waals surface area contributed by atoms with Gasteiger partial charge >= 0.3 is 0 Å². The molecule has 1 saturated carbocycles. The van der Waals surface area contributed by atoms with Crippen LogP contribution in [0.1, 0.15) is 50.2 Å². The summed E-state index contributed by atoms with van der Waals surface area (Å²) >= 11 is 6.26. The van der Waals surface area contributed by atoms with Crippen LogP contribution in [-0.4, -0.2) is 6.10 Å². The zero-order valence-corrected chi connectivity index (χ0v) is 12.5. The van der Waals surface area contributed by atoms with E-state index in [-0.39, 0.29) is 12.0 Å². The minimum absolute atomic E-state index is 0.0255. The Hall–Kier alpha value is -1.20. The first-order valence-corrected chi connectivity index (χ1v) is 7.27. The number of hydrogen-bond donors (Lipinski definition) is 0. The van der Waals surface area contributed by atoms with Crippen LogP contribution in [-0.2, 0) is 0 Å². The van der Waals surface area contributed by atoms with Crippen molar-refractivity contribution in [3.8, 4) is 11.8 Å². The second-order valence-electron chi connectivity index (χ2n) is 5.62. The van der Waals surface area contributed by atoms with Crippen LogP contribution in [0.5, 0.6) is 5.75 Å². The number of benzene rings is 1. The van der Waals surface area contributed by atoms with Crippen LogP contribution in [0.3, 0.4) is 0 Å². The number of ether oxygens (including phenoxy) is 1. The molecule has 1 fully saturated rings. The van der Waals surface area contributed by atoms with E-state index in [1.807, 2.05) is 19.1 Å². The zero-order chi connectivity index (χ0) is 14.0. The first-order chi connectivity index (χ1) is 9.02. The van der Waals surface area contributed by atoms with E-state index in [2.05, 4.69) is 19.9 Å². The van der Waals surface area contributed by atoms with Gasteiger partial charge in [-0.3, -0.25) is 0 Å². The quantitative estimate of drug-likeness (QED) is 0.792. The summed E-state index contributed by atoms with van der Waals surface area (Å²) in [5.74, 6) is 1.27. The molecule has 1 aromatic carbocycles. The molecule has 0 N–H and O–H groups in total. The third-order valence-corrected chi connectivity index (χ3v) is 4.14. The Morgan fingerprint density at radius 2 is 2.11 bits per heavy atom. The van der Waals surface area contributed by atoms with Crippen LogP contribution in [0.4, 0.5) is 0 Å². The van der Waals surface area contributed by atoms with E-state index in [9.17, 15) is 0 Å². The van der Waals surface area contributed by atoms with Crippen molar-refractivity contribution in [3.63, 3.8) is 0 Å². The van der Waals surface area contributed by atoms with Crippen LogP contribution in [0.2, 0.25) is 5.02 Å². The molecule has 19 heavy (non-hydrogen) atoms. The maximum Gasteiger partial charge on any atom is 0.123 e. The fourth-order valence-corrected chi connectivity index (χ4v) is 3.05. The van der Waals surface area contributed by atoms with Gasteiger partial charge in [-0.25, -0.2) is 0 Å². The van der Waals surface area contributed by atoms with Gasteiger partial charge in [0, 0.05) is 5.02 Å². The van der Waals surface area contributed by atoms with Crippen LogP contribution < -0.4 is 4.74 Å². The minimum Gasteiger partial charge on any atom is -0.489 e. The summed E-state index contributed by atoms with van der Waals surface area (Å²) in [4.78, 5) is 0. The number of rotatable bonds is 3. The molecule has 0 radical (unpaired) electrons. The van der Waals surface area contributed by atoms with Crippen molar-refractivity contribution in [1.82, 2.24) is 0 Å². The fourth-order valence-electron chi connectivity index (χ4n) is 2.62. The summed E-state index contributed by atoms with van der Waals surface area (Å²) in [6.45, 7) is 6.24. The van der Waals surface area contributed by atoms with Crippen LogP contribution >= 0.6 is 11.6 Å². The molecule has 102 valence electrons. The Bertz CT molecular complexity index is 504. The van der Waals surface area contributed by atoms with E-state index in [0.717, 1.165) is 41.2 Å². The lowest BCUT2D eigenvalue weighted by atomic mass is 10.0. The lowest BCUT2D eigenvalue weighted by Gasteiger charge is -2.20. The van der Waals surface area contributed by atoms with Crippen molar-refractivity contribution >= 4 is 11.6 Å². The Kier molecular flexibility index (Phi) is 4.37. The highest BCUT2D eigenvalue weighted by molar-refractivity contribution is 6.31. The summed E-state index contributed by atoms with van der Waals surface area (Å²) in [5, 5.41) is 9.91. The molecule has 2 atom stereocenters. The van der Waals surface area contributed by atoms with Gasteiger partial charge in [-0.1, -0.05) is 25.4 Å². The highest BCUT2D eigenvalue weighted by atomic mass is 35.5. The molecule has 0 amide bonds. The molecule has 2 nitrogen and oxygen atoms in total. The van der Waals surface area contributed by atoms with Gasteiger partial charge in [0.1, 0.15) is 11.9 Å². The number of nitrogens with zero attached hydrogens (tertiary/aromatic N) is 1. The van der Waals surface area contributed by atoms with Crippen LogP contribution in [0, 0.1) is 24.2 Å². The minimum atomic E-state index is 0.0255. The molecule has 2 unspecified atom stereocenters. The van der Waals surface area contributed by atoms with Crippen LogP contribution in [0.15, 0.2) is 12.1 Å². The molecule has 0 aromatic heterocycles. The average molecular weight is 278 g/mol. The standard InChI is InChI=1S/C16H20ClNO/c1-10(2)13-8-16(11(3)7-14(13)17)19-15-6-4-5-12(15)9-18/h7-8,10,12,15H,4-6H2,1-3H3. The molecule has 0 bridgehead atoms. The van der Waals surface area contributed by atoms with E-state index in [0.29, 0.717) is 5.92 Å². The molecule has 0 aliphatic heterocycles. The monoisotopic (exact) mass is 277 g/mol. The molecular formula is C16H20ClNO. The van der Waals surface area contributed by atoms with Crippen molar-refractivity contribution in [2.45, 2.75) is 52.1 Å². The molecule has 1 aliphatic carbocycles. The normalized spacial score (nSPS) is 22.5. The molecule has 1 aliphatic rings. The largest absolute Gasteiger partial charge is 0.489 e. The Morgan fingerprint density at radius 3 is 2.74 bits per heavy atom. The second-order valence-corrected chi connectivity index (χ2v) is 6.02. The molecular weight excluding hydrogens is 258 g/mol. The molecule has 3 heteroatoms. The number of aryl methyl sites for hydroxylation is 1. The van der Waals surface area contributed by atoms with E-state index in [1.165, 1.54) is 0 Å². The highest BCUT2D eigenvalue weighted by Crippen LogP contribution is 2.35. The van der Waals surface area contributed by atoms with Gasteiger partial charge in [0.2, 0.25) is 0 Å². The zero-order valence-electron chi connectivity index (χ0n) is 11.7.